The summed E-state index contributed by atoms with van der Waals surface area (Å²) in [4.78, 5) is 25.3. The lowest BCUT2D eigenvalue weighted by Gasteiger charge is -2.34. The van der Waals surface area contributed by atoms with Crippen molar-refractivity contribution in [3.8, 4) is 0 Å². The molecule has 1 aliphatic carbocycles. The van der Waals surface area contributed by atoms with Gasteiger partial charge in [-0.05, 0) is 40.5 Å². The highest BCUT2D eigenvalue weighted by molar-refractivity contribution is 5.82. The van der Waals surface area contributed by atoms with E-state index in [0.29, 0.717) is 26.1 Å². The molecule has 0 amide bonds. The number of hydrogen-bond acceptors (Lipinski definition) is 6. The Morgan fingerprint density at radius 1 is 0.792 bits per heavy atom. The van der Waals surface area contributed by atoms with Crippen molar-refractivity contribution >= 4 is 11.9 Å². The van der Waals surface area contributed by atoms with E-state index in [-0.39, 0.29) is 24.1 Å². The van der Waals surface area contributed by atoms with E-state index in [1.54, 1.807) is 0 Å². The summed E-state index contributed by atoms with van der Waals surface area (Å²) in [5.41, 5.74) is -1.30. The summed E-state index contributed by atoms with van der Waals surface area (Å²) in [7, 11) is 0. The van der Waals surface area contributed by atoms with Gasteiger partial charge in [-0.15, -0.1) is 0 Å². The third-order valence-corrected chi connectivity index (χ3v) is 5.32. The summed E-state index contributed by atoms with van der Waals surface area (Å²) < 4.78 is 21.9. The highest BCUT2D eigenvalue weighted by atomic mass is 16.6. The minimum absolute atomic E-state index is 0.0404. The molecule has 6 nitrogen and oxygen atoms in total. The first-order valence-electron chi connectivity index (χ1n) is 8.89. The zero-order valence-corrected chi connectivity index (χ0v) is 15.0. The van der Waals surface area contributed by atoms with E-state index in [4.69, 9.17) is 18.9 Å². The maximum Gasteiger partial charge on any atom is 0.310 e. The van der Waals surface area contributed by atoms with Crippen LogP contribution in [0.2, 0.25) is 0 Å². The molecule has 2 aliphatic heterocycles. The van der Waals surface area contributed by atoms with E-state index in [1.807, 2.05) is 27.7 Å². The van der Waals surface area contributed by atoms with Gasteiger partial charge in [0, 0.05) is 0 Å². The predicted octanol–water partition coefficient (Wildman–Crippen LogP) is 2.23. The van der Waals surface area contributed by atoms with Gasteiger partial charge in [-0.25, -0.2) is 0 Å². The standard InChI is InChI=1S/C18H28O6/c1-17(2,13-9-21-13)23-15(19)11-7-5-6-8-12(11)16(20)24-18(3,4)14-10-22-14/h11-14H,5-10H2,1-4H3. The Hall–Kier alpha value is -1.14. The van der Waals surface area contributed by atoms with Crippen molar-refractivity contribution in [1.29, 1.82) is 0 Å². The first-order chi connectivity index (χ1) is 11.2. The van der Waals surface area contributed by atoms with Gasteiger partial charge in [-0.3, -0.25) is 9.59 Å². The first-order valence-corrected chi connectivity index (χ1v) is 8.89. The Labute approximate surface area is 143 Å². The number of epoxide rings is 2. The van der Waals surface area contributed by atoms with Crippen molar-refractivity contribution in [2.24, 2.45) is 11.8 Å². The Kier molecular flexibility index (Phi) is 4.64. The fourth-order valence-electron chi connectivity index (χ4n) is 3.40. The molecule has 0 bridgehead atoms. The molecule has 0 aromatic carbocycles. The highest BCUT2D eigenvalue weighted by Crippen LogP contribution is 2.37. The maximum atomic E-state index is 12.7. The van der Waals surface area contributed by atoms with E-state index in [1.165, 1.54) is 0 Å². The number of ether oxygens (including phenoxy) is 4. The maximum absolute atomic E-state index is 12.7. The van der Waals surface area contributed by atoms with Crippen LogP contribution < -0.4 is 0 Å². The van der Waals surface area contributed by atoms with Gasteiger partial charge >= 0.3 is 11.9 Å². The molecule has 3 rings (SSSR count). The lowest BCUT2D eigenvalue weighted by molar-refractivity contribution is -0.178. The molecule has 2 heterocycles. The summed E-state index contributed by atoms with van der Waals surface area (Å²) in [5, 5.41) is 0. The number of carbonyl (C=O) groups excluding carboxylic acids is 2. The topological polar surface area (TPSA) is 77.7 Å². The lowest BCUT2D eigenvalue weighted by Crippen LogP contribution is -2.43. The zero-order chi connectivity index (χ0) is 17.5. The van der Waals surface area contributed by atoms with Crippen LogP contribution in [-0.4, -0.2) is 48.6 Å². The van der Waals surface area contributed by atoms with Crippen molar-refractivity contribution in [3.63, 3.8) is 0 Å². The Bertz CT molecular complexity index is 458. The van der Waals surface area contributed by atoms with Gasteiger partial charge in [0.25, 0.3) is 0 Å². The molecular weight excluding hydrogens is 312 g/mol. The lowest BCUT2D eigenvalue weighted by atomic mass is 9.79. The van der Waals surface area contributed by atoms with Gasteiger partial charge < -0.3 is 18.9 Å². The van der Waals surface area contributed by atoms with Crippen LogP contribution >= 0.6 is 0 Å². The van der Waals surface area contributed by atoms with Crippen LogP contribution in [0.3, 0.4) is 0 Å². The van der Waals surface area contributed by atoms with Crippen LogP contribution in [0.1, 0.15) is 53.4 Å². The quantitative estimate of drug-likeness (QED) is 0.545. The smallest absolute Gasteiger partial charge is 0.310 e. The molecule has 0 aromatic rings. The van der Waals surface area contributed by atoms with Crippen LogP contribution in [0.4, 0.5) is 0 Å². The largest absolute Gasteiger partial charge is 0.457 e. The number of rotatable bonds is 6. The van der Waals surface area contributed by atoms with E-state index in [9.17, 15) is 9.59 Å². The summed E-state index contributed by atoms with van der Waals surface area (Å²) in [6, 6.07) is 0. The van der Waals surface area contributed by atoms with Gasteiger partial charge in [0.1, 0.15) is 23.4 Å². The van der Waals surface area contributed by atoms with Gasteiger partial charge in [-0.1, -0.05) is 12.8 Å². The average molecular weight is 340 g/mol. The third kappa shape index (κ3) is 3.91. The van der Waals surface area contributed by atoms with E-state index >= 15 is 0 Å². The van der Waals surface area contributed by atoms with E-state index in [0.717, 1.165) is 12.8 Å². The van der Waals surface area contributed by atoms with Crippen LogP contribution in [0.15, 0.2) is 0 Å². The Morgan fingerprint density at radius 3 is 1.42 bits per heavy atom. The minimum Gasteiger partial charge on any atom is -0.457 e. The molecule has 136 valence electrons. The fraction of sp³-hybridized carbons (Fsp3) is 0.889. The second-order valence-electron chi connectivity index (χ2n) is 8.19. The SMILES string of the molecule is CC(C)(OC(=O)C1CCCCC1C(=O)OC(C)(C)C1CO1)C1CO1. The summed E-state index contributed by atoms with van der Waals surface area (Å²) in [5.74, 6) is -1.48. The molecule has 0 radical (unpaired) electrons. The number of esters is 2. The predicted molar refractivity (Wildman–Crippen MR) is 85.3 cm³/mol. The molecule has 3 aliphatic rings. The molecule has 4 atom stereocenters. The molecule has 0 aromatic heterocycles. The van der Waals surface area contributed by atoms with Gasteiger partial charge in [0.15, 0.2) is 0 Å². The monoisotopic (exact) mass is 340 g/mol. The molecule has 1 saturated carbocycles. The Balaban J connectivity index is 1.63. The van der Waals surface area contributed by atoms with Crippen LogP contribution in [0.5, 0.6) is 0 Å². The van der Waals surface area contributed by atoms with E-state index in [2.05, 4.69) is 0 Å². The Morgan fingerprint density at radius 2 is 1.12 bits per heavy atom. The summed E-state index contributed by atoms with van der Waals surface area (Å²) in [6.07, 6.45) is 3.11. The van der Waals surface area contributed by atoms with Crippen LogP contribution in [0, 0.1) is 11.8 Å². The van der Waals surface area contributed by atoms with Crippen LogP contribution in [-0.2, 0) is 28.5 Å². The zero-order valence-electron chi connectivity index (χ0n) is 15.0. The molecule has 0 spiro atoms. The van der Waals surface area contributed by atoms with Crippen molar-refractivity contribution in [2.45, 2.75) is 76.8 Å². The third-order valence-electron chi connectivity index (χ3n) is 5.32. The fourth-order valence-corrected chi connectivity index (χ4v) is 3.40. The normalized spacial score (nSPS) is 32.8. The van der Waals surface area contributed by atoms with Crippen molar-refractivity contribution in [1.82, 2.24) is 0 Å². The first kappa shape index (κ1) is 17.7. The molecule has 6 heteroatoms. The van der Waals surface area contributed by atoms with Crippen LogP contribution in [0.25, 0.3) is 0 Å². The van der Waals surface area contributed by atoms with Crippen molar-refractivity contribution in [3.05, 3.63) is 0 Å². The van der Waals surface area contributed by atoms with Crippen molar-refractivity contribution in [2.75, 3.05) is 13.2 Å². The molecule has 0 N–H and O–H groups in total. The second-order valence-corrected chi connectivity index (χ2v) is 8.19. The number of carbonyl (C=O) groups is 2. The summed E-state index contributed by atoms with van der Waals surface area (Å²) >= 11 is 0. The molecule has 24 heavy (non-hydrogen) atoms. The molecule has 3 fully saturated rings. The highest BCUT2D eigenvalue weighted by Gasteiger charge is 2.48. The van der Waals surface area contributed by atoms with Gasteiger partial charge in [0.2, 0.25) is 0 Å². The molecule has 4 unspecified atom stereocenters. The number of hydrogen-bond donors (Lipinski definition) is 0. The van der Waals surface area contributed by atoms with Crippen molar-refractivity contribution < 1.29 is 28.5 Å². The van der Waals surface area contributed by atoms with Gasteiger partial charge in [0.05, 0.1) is 25.0 Å². The second kappa shape index (κ2) is 6.30. The average Bonchev–Trinajstić information content (AvgIpc) is 3.38. The van der Waals surface area contributed by atoms with Gasteiger partial charge in [-0.2, -0.15) is 0 Å². The van der Waals surface area contributed by atoms with E-state index < -0.39 is 23.0 Å². The molecule has 2 saturated heterocycles. The summed E-state index contributed by atoms with van der Waals surface area (Å²) in [6.45, 7) is 8.65. The minimum atomic E-state index is -0.649. The molecular formula is C18H28O6.